The maximum absolute atomic E-state index is 3.94. The molecule has 0 bridgehead atoms. The maximum Gasteiger partial charge on any atom is -0.0152 e. The molecule has 2 rings (SSSR count). The maximum atomic E-state index is 3.94. The summed E-state index contributed by atoms with van der Waals surface area (Å²) in [4.78, 5) is 0. The van der Waals surface area contributed by atoms with Gasteiger partial charge in [0.1, 0.15) is 0 Å². The lowest BCUT2D eigenvalue weighted by Crippen LogP contribution is -1.87. The van der Waals surface area contributed by atoms with Gasteiger partial charge in [0.25, 0.3) is 0 Å². The summed E-state index contributed by atoms with van der Waals surface area (Å²) in [6, 6.07) is 14.8. The summed E-state index contributed by atoms with van der Waals surface area (Å²) in [5.41, 5.74) is 6.30. The second kappa shape index (κ2) is 3.90. The average molecular weight is 195 g/mol. The van der Waals surface area contributed by atoms with E-state index in [1.807, 2.05) is 0 Å². The summed E-state index contributed by atoms with van der Waals surface area (Å²) in [5, 5.41) is 0. The third kappa shape index (κ3) is 1.94. The van der Waals surface area contributed by atoms with Crippen LogP contribution in [0.15, 0.2) is 42.5 Å². The summed E-state index contributed by atoms with van der Waals surface area (Å²) in [5.74, 6) is 0. The zero-order valence-electron chi connectivity index (χ0n) is 9.25. The van der Waals surface area contributed by atoms with E-state index in [0.29, 0.717) is 0 Å². The average Bonchev–Trinajstić information content (AvgIpc) is 2.20. The van der Waals surface area contributed by atoms with Gasteiger partial charge in [0.15, 0.2) is 0 Å². The Morgan fingerprint density at radius 3 is 2.13 bits per heavy atom. The van der Waals surface area contributed by atoms with E-state index in [0.717, 1.165) is 5.56 Å². The number of hydrogen-bond donors (Lipinski definition) is 0. The Kier molecular flexibility index (Phi) is 2.59. The molecule has 0 nitrogen and oxygen atoms in total. The second-order valence-corrected chi connectivity index (χ2v) is 3.96. The zero-order valence-corrected chi connectivity index (χ0v) is 9.25. The Balaban J connectivity index is 2.60. The van der Waals surface area contributed by atoms with Crippen LogP contribution in [0.5, 0.6) is 0 Å². The van der Waals surface area contributed by atoms with Crippen molar-refractivity contribution >= 4 is 0 Å². The van der Waals surface area contributed by atoms with Gasteiger partial charge >= 0.3 is 0 Å². The molecule has 0 N–H and O–H groups in total. The van der Waals surface area contributed by atoms with Crippen molar-refractivity contribution in [2.45, 2.75) is 13.8 Å². The molecule has 0 aromatic heterocycles. The molecule has 0 aliphatic rings. The topological polar surface area (TPSA) is 0 Å². The highest BCUT2D eigenvalue weighted by Gasteiger charge is 2.03. The van der Waals surface area contributed by atoms with Gasteiger partial charge in [-0.2, -0.15) is 0 Å². The molecule has 0 heterocycles. The van der Waals surface area contributed by atoms with Gasteiger partial charge in [-0.1, -0.05) is 42.5 Å². The zero-order chi connectivity index (χ0) is 10.8. The Morgan fingerprint density at radius 1 is 0.800 bits per heavy atom. The molecule has 0 heteroatoms. The van der Waals surface area contributed by atoms with Crippen LogP contribution in [0.25, 0.3) is 11.1 Å². The molecule has 75 valence electrons. The molecule has 15 heavy (non-hydrogen) atoms. The first-order valence-electron chi connectivity index (χ1n) is 5.17. The normalized spacial score (nSPS) is 10.3. The smallest absolute Gasteiger partial charge is 0.0152 e. The van der Waals surface area contributed by atoms with E-state index in [2.05, 4.69) is 63.2 Å². The van der Waals surface area contributed by atoms with Crippen molar-refractivity contribution in [2.75, 3.05) is 0 Å². The van der Waals surface area contributed by atoms with Gasteiger partial charge in [-0.25, -0.2) is 0 Å². The summed E-state index contributed by atoms with van der Waals surface area (Å²) in [6.07, 6.45) is 0. The van der Waals surface area contributed by atoms with E-state index in [-0.39, 0.29) is 0 Å². The van der Waals surface area contributed by atoms with Crippen LogP contribution in [-0.2, 0) is 0 Å². The summed E-state index contributed by atoms with van der Waals surface area (Å²) < 4.78 is 0. The summed E-state index contributed by atoms with van der Waals surface area (Å²) in [6.45, 7) is 8.22. The number of rotatable bonds is 1. The minimum atomic E-state index is 1.07. The molecule has 0 amide bonds. The number of benzene rings is 2. The van der Waals surface area contributed by atoms with Gasteiger partial charge in [0, 0.05) is 0 Å². The molecule has 1 radical (unpaired) electrons. The lowest BCUT2D eigenvalue weighted by Gasteiger charge is -2.09. The van der Waals surface area contributed by atoms with Gasteiger partial charge in [-0.15, -0.1) is 0 Å². The first-order valence-corrected chi connectivity index (χ1v) is 5.17. The molecule has 0 aliphatic heterocycles. The fourth-order valence-corrected chi connectivity index (χ4v) is 1.90. The van der Waals surface area contributed by atoms with Gasteiger partial charge in [-0.3, -0.25) is 0 Å². The van der Waals surface area contributed by atoms with Gasteiger partial charge in [0.2, 0.25) is 0 Å². The van der Waals surface area contributed by atoms with E-state index in [1.165, 1.54) is 22.3 Å². The molecule has 0 spiro atoms. The Morgan fingerprint density at radius 2 is 1.47 bits per heavy atom. The molecule has 0 fully saturated rings. The van der Waals surface area contributed by atoms with Crippen molar-refractivity contribution in [2.24, 2.45) is 0 Å². The molecular weight excluding hydrogens is 180 g/mol. The van der Waals surface area contributed by atoms with E-state index in [1.54, 1.807) is 0 Å². The van der Waals surface area contributed by atoms with Crippen molar-refractivity contribution in [3.8, 4) is 11.1 Å². The SMILES string of the molecule is [CH2]c1ccc(-c2ccccc2C)c(C)c1. The number of hydrogen-bond acceptors (Lipinski definition) is 0. The van der Waals surface area contributed by atoms with Crippen LogP contribution in [-0.4, -0.2) is 0 Å². The van der Waals surface area contributed by atoms with Crippen molar-refractivity contribution in [3.63, 3.8) is 0 Å². The van der Waals surface area contributed by atoms with E-state index < -0.39 is 0 Å². The van der Waals surface area contributed by atoms with Crippen LogP contribution < -0.4 is 0 Å². The summed E-state index contributed by atoms with van der Waals surface area (Å²) in [7, 11) is 0. The van der Waals surface area contributed by atoms with E-state index in [9.17, 15) is 0 Å². The highest BCUT2D eigenvalue weighted by atomic mass is 14.1. The quantitative estimate of drug-likeness (QED) is 0.641. The lowest BCUT2D eigenvalue weighted by molar-refractivity contribution is 1.39. The van der Waals surface area contributed by atoms with Crippen molar-refractivity contribution < 1.29 is 0 Å². The molecule has 2 aromatic carbocycles. The number of aryl methyl sites for hydroxylation is 2. The minimum Gasteiger partial charge on any atom is -0.0620 e. The third-order valence-corrected chi connectivity index (χ3v) is 2.73. The van der Waals surface area contributed by atoms with Crippen molar-refractivity contribution in [1.82, 2.24) is 0 Å². The fraction of sp³-hybridized carbons (Fsp3) is 0.133. The van der Waals surface area contributed by atoms with Crippen LogP contribution in [0, 0.1) is 20.8 Å². The van der Waals surface area contributed by atoms with E-state index in [4.69, 9.17) is 0 Å². The van der Waals surface area contributed by atoms with Crippen LogP contribution in [0.4, 0.5) is 0 Å². The highest BCUT2D eigenvalue weighted by molar-refractivity contribution is 5.70. The second-order valence-electron chi connectivity index (χ2n) is 3.96. The first kappa shape index (κ1) is 9.97. The monoisotopic (exact) mass is 195 g/mol. The van der Waals surface area contributed by atoms with E-state index >= 15 is 0 Å². The largest absolute Gasteiger partial charge is 0.0620 e. The predicted molar refractivity (Wildman–Crippen MR) is 65.8 cm³/mol. The molecule has 0 aliphatic carbocycles. The first-order chi connectivity index (χ1) is 7.18. The van der Waals surface area contributed by atoms with Gasteiger partial charge < -0.3 is 0 Å². The molecule has 0 saturated heterocycles. The van der Waals surface area contributed by atoms with Crippen LogP contribution in [0.2, 0.25) is 0 Å². The third-order valence-electron chi connectivity index (χ3n) is 2.73. The molecular formula is C15H15. The molecule has 0 saturated carbocycles. The predicted octanol–water partition coefficient (Wildman–Crippen LogP) is 4.15. The lowest BCUT2D eigenvalue weighted by atomic mass is 9.95. The van der Waals surface area contributed by atoms with Crippen molar-refractivity contribution in [1.29, 1.82) is 0 Å². The highest BCUT2D eigenvalue weighted by Crippen LogP contribution is 2.26. The molecule has 0 atom stereocenters. The van der Waals surface area contributed by atoms with Gasteiger partial charge in [0.05, 0.1) is 0 Å². The standard InChI is InChI=1S/C15H15/c1-11-8-9-15(13(3)10-11)14-7-5-4-6-12(14)2/h4-10H,1H2,2-3H3. The molecule has 0 unspecified atom stereocenters. The van der Waals surface area contributed by atoms with Gasteiger partial charge in [-0.05, 0) is 48.6 Å². The Hall–Kier alpha value is -1.56. The molecule has 2 aromatic rings. The summed E-state index contributed by atoms with van der Waals surface area (Å²) >= 11 is 0. The Labute approximate surface area is 91.6 Å². The minimum absolute atomic E-state index is 1.07. The van der Waals surface area contributed by atoms with Crippen molar-refractivity contribution in [3.05, 3.63) is 66.1 Å². The van der Waals surface area contributed by atoms with Crippen LogP contribution >= 0.6 is 0 Å². The Bertz CT molecular complexity index is 481. The fourth-order valence-electron chi connectivity index (χ4n) is 1.90. The van der Waals surface area contributed by atoms with Crippen LogP contribution in [0.3, 0.4) is 0 Å². The van der Waals surface area contributed by atoms with Crippen LogP contribution in [0.1, 0.15) is 16.7 Å².